The number of hydrogen-bond acceptors (Lipinski definition) is 3. The third-order valence-electron chi connectivity index (χ3n) is 3.23. The Kier molecular flexibility index (Phi) is 5.21. The van der Waals surface area contributed by atoms with Crippen molar-refractivity contribution in [3.8, 4) is 0 Å². The maximum Gasteiger partial charge on any atom is 0.412 e. The van der Waals surface area contributed by atoms with Gasteiger partial charge in [-0.2, -0.15) is 0 Å². The molecule has 1 aliphatic heterocycles. The Morgan fingerprint density at radius 1 is 1.37 bits per heavy atom. The van der Waals surface area contributed by atoms with Gasteiger partial charge in [-0.1, -0.05) is 30.3 Å². The first-order chi connectivity index (χ1) is 9.29. The van der Waals surface area contributed by atoms with E-state index in [4.69, 9.17) is 9.47 Å². The standard InChI is InChI=1S/C15H21NO3/c1-2-16(12-13-8-4-3-5-9-13)15(17)19-14-10-6-7-11-18-14/h3-5,8-9,14H,2,6-7,10-12H2,1H3. The highest BCUT2D eigenvalue weighted by Crippen LogP contribution is 2.15. The first-order valence-corrected chi connectivity index (χ1v) is 6.90. The van der Waals surface area contributed by atoms with E-state index in [1.807, 2.05) is 37.3 Å². The van der Waals surface area contributed by atoms with Gasteiger partial charge in [-0.25, -0.2) is 4.79 Å². The molecule has 104 valence electrons. The summed E-state index contributed by atoms with van der Waals surface area (Å²) < 4.78 is 10.8. The van der Waals surface area contributed by atoms with Crippen molar-refractivity contribution in [2.24, 2.45) is 0 Å². The molecule has 0 bridgehead atoms. The zero-order valence-electron chi connectivity index (χ0n) is 11.4. The van der Waals surface area contributed by atoms with E-state index in [2.05, 4.69) is 0 Å². The summed E-state index contributed by atoms with van der Waals surface area (Å²) in [5, 5.41) is 0. The van der Waals surface area contributed by atoms with Crippen molar-refractivity contribution in [2.45, 2.75) is 39.0 Å². The van der Waals surface area contributed by atoms with Crippen molar-refractivity contribution in [1.82, 2.24) is 4.90 Å². The Balaban J connectivity index is 1.87. The van der Waals surface area contributed by atoms with Crippen LogP contribution >= 0.6 is 0 Å². The number of ether oxygens (including phenoxy) is 2. The van der Waals surface area contributed by atoms with Gasteiger partial charge in [0.15, 0.2) is 0 Å². The van der Waals surface area contributed by atoms with E-state index >= 15 is 0 Å². The predicted octanol–water partition coefficient (Wildman–Crippen LogP) is 3.17. The number of carbonyl (C=O) groups excluding carboxylic acids is 1. The van der Waals surface area contributed by atoms with Gasteiger partial charge in [-0.3, -0.25) is 0 Å². The van der Waals surface area contributed by atoms with Crippen molar-refractivity contribution < 1.29 is 14.3 Å². The van der Waals surface area contributed by atoms with E-state index < -0.39 is 0 Å². The van der Waals surface area contributed by atoms with E-state index in [9.17, 15) is 4.79 Å². The van der Waals surface area contributed by atoms with E-state index in [1.165, 1.54) is 0 Å². The zero-order valence-corrected chi connectivity index (χ0v) is 11.4. The molecule has 1 aliphatic rings. The molecule has 1 saturated heterocycles. The Labute approximate surface area is 114 Å². The lowest BCUT2D eigenvalue weighted by molar-refractivity contribution is -0.133. The second kappa shape index (κ2) is 7.14. The van der Waals surface area contributed by atoms with Gasteiger partial charge in [-0.05, 0) is 25.3 Å². The average Bonchev–Trinajstić information content (AvgIpc) is 2.47. The van der Waals surface area contributed by atoms with Crippen LogP contribution in [0.1, 0.15) is 31.7 Å². The van der Waals surface area contributed by atoms with Crippen molar-refractivity contribution in [3.63, 3.8) is 0 Å². The lowest BCUT2D eigenvalue weighted by atomic mass is 10.2. The van der Waals surface area contributed by atoms with Gasteiger partial charge in [0, 0.05) is 19.5 Å². The van der Waals surface area contributed by atoms with Gasteiger partial charge in [0.25, 0.3) is 0 Å². The molecule has 1 amide bonds. The van der Waals surface area contributed by atoms with E-state index in [-0.39, 0.29) is 12.4 Å². The molecule has 1 atom stereocenters. The Morgan fingerprint density at radius 2 is 2.16 bits per heavy atom. The molecule has 4 heteroatoms. The van der Waals surface area contributed by atoms with Gasteiger partial charge in [0.1, 0.15) is 0 Å². The highest BCUT2D eigenvalue weighted by Gasteiger charge is 2.21. The van der Waals surface area contributed by atoms with Crippen molar-refractivity contribution >= 4 is 6.09 Å². The van der Waals surface area contributed by atoms with Gasteiger partial charge in [0.05, 0.1) is 6.61 Å². The van der Waals surface area contributed by atoms with Crippen LogP contribution in [0.5, 0.6) is 0 Å². The van der Waals surface area contributed by atoms with Crippen LogP contribution in [0, 0.1) is 0 Å². The van der Waals surface area contributed by atoms with Crippen LogP contribution in [0.15, 0.2) is 30.3 Å². The molecule has 1 heterocycles. The maximum atomic E-state index is 12.1. The summed E-state index contributed by atoms with van der Waals surface area (Å²) in [6.45, 7) is 3.83. The van der Waals surface area contributed by atoms with Crippen molar-refractivity contribution in [3.05, 3.63) is 35.9 Å². The summed E-state index contributed by atoms with van der Waals surface area (Å²) in [7, 11) is 0. The second-order valence-corrected chi connectivity index (χ2v) is 4.68. The number of hydrogen-bond donors (Lipinski definition) is 0. The quantitative estimate of drug-likeness (QED) is 0.837. The predicted molar refractivity (Wildman–Crippen MR) is 72.6 cm³/mol. The summed E-state index contributed by atoms with van der Waals surface area (Å²) in [5.74, 6) is 0. The minimum atomic E-state index is -0.369. The third-order valence-corrected chi connectivity index (χ3v) is 3.23. The Bertz CT molecular complexity index is 388. The first kappa shape index (κ1) is 13.9. The normalized spacial score (nSPS) is 18.9. The number of carbonyl (C=O) groups is 1. The number of benzene rings is 1. The number of rotatable bonds is 4. The fourth-order valence-corrected chi connectivity index (χ4v) is 2.10. The van der Waals surface area contributed by atoms with Crippen LogP contribution in [0.3, 0.4) is 0 Å². The van der Waals surface area contributed by atoms with Crippen LogP contribution in [0.4, 0.5) is 4.79 Å². The summed E-state index contributed by atoms with van der Waals surface area (Å²) in [4.78, 5) is 13.8. The average molecular weight is 263 g/mol. The summed E-state index contributed by atoms with van der Waals surface area (Å²) >= 11 is 0. The summed E-state index contributed by atoms with van der Waals surface area (Å²) in [6.07, 6.45) is 2.25. The van der Waals surface area contributed by atoms with Crippen LogP contribution < -0.4 is 0 Å². The minimum Gasteiger partial charge on any atom is -0.419 e. The molecule has 0 radical (unpaired) electrons. The van der Waals surface area contributed by atoms with Crippen LogP contribution in [0.25, 0.3) is 0 Å². The lowest BCUT2D eigenvalue weighted by Crippen LogP contribution is -2.35. The molecular weight excluding hydrogens is 242 g/mol. The number of amides is 1. The van der Waals surface area contributed by atoms with E-state index in [0.29, 0.717) is 19.7 Å². The second-order valence-electron chi connectivity index (χ2n) is 4.68. The molecule has 0 N–H and O–H groups in total. The SMILES string of the molecule is CCN(Cc1ccccc1)C(=O)OC1CCCCO1. The number of nitrogens with zero attached hydrogens (tertiary/aromatic N) is 1. The highest BCUT2D eigenvalue weighted by atomic mass is 16.7. The molecule has 4 nitrogen and oxygen atoms in total. The monoisotopic (exact) mass is 263 g/mol. The van der Waals surface area contributed by atoms with Crippen LogP contribution in [0.2, 0.25) is 0 Å². The zero-order chi connectivity index (χ0) is 13.5. The topological polar surface area (TPSA) is 38.8 Å². The molecule has 2 rings (SSSR count). The van der Waals surface area contributed by atoms with Gasteiger partial charge in [-0.15, -0.1) is 0 Å². The largest absolute Gasteiger partial charge is 0.419 e. The summed E-state index contributed by atoms with van der Waals surface area (Å²) in [6, 6.07) is 9.92. The van der Waals surface area contributed by atoms with Gasteiger partial charge >= 0.3 is 6.09 Å². The molecular formula is C15H21NO3. The Morgan fingerprint density at radius 3 is 2.79 bits per heavy atom. The van der Waals surface area contributed by atoms with E-state index in [1.54, 1.807) is 4.90 Å². The highest BCUT2D eigenvalue weighted by molar-refractivity contribution is 5.67. The molecule has 1 aromatic rings. The Hall–Kier alpha value is -1.55. The van der Waals surface area contributed by atoms with Gasteiger partial charge < -0.3 is 14.4 Å². The molecule has 1 fully saturated rings. The molecule has 19 heavy (non-hydrogen) atoms. The summed E-state index contributed by atoms with van der Waals surface area (Å²) in [5.41, 5.74) is 1.10. The first-order valence-electron chi connectivity index (χ1n) is 6.90. The minimum absolute atomic E-state index is 0.293. The molecule has 1 aromatic carbocycles. The molecule has 0 aromatic heterocycles. The molecule has 0 aliphatic carbocycles. The van der Waals surface area contributed by atoms with Crippen LogP contribution in [-0.4, -0.2) is 30.4 Å². The lowest BCUT2D eigenvalue weighted by Gasteiger charge is -2.26. The maximum absolute atomic E-state index is 12.1. The molecule has 0 spiro atoms. The van der Waals surface area contributed by atoms with Crippen LogP contribution in [-0.2, 0) is 16.0 Å². The smallest absolute Gasteiger partial charge is 0.412 e. The third kappa shape index (κ3) is 4.24. The fourth-order valence-electron chi connectivity index (χ4n) is 2.10. The molecule has 0 saturated carbocycles. The van der Waals surface area contributed by atoms with Gasteiger partial charge in [0.2, 0.25) is 6.29 Å². The molecule has 1 unspecified atom stereocenters. The van der Waals surface area contributed by atoms with E-state index in [0.717, 1.165) is 24.8 Å². The fraction of sp³-hybridized carbons (Fsp3) is 0.533. The van der Waals surface area contributed by atoms with Crippen molar-refractivity contribution in [2.75, 3.05) is 13.2 Å². The van der Waals surface area contributed by atoms with Crippen molar-refractivity contribution in [1.29, 1.82) is 0 Å².